The van der Waals surface area contributed by atoms with Gasteiger partial charge in [0.05, 0.1) is 6.54 Å². The van der Waals surface area contributed by atoms with Crippen LogP contribution < -0.4 is 16.4 Å². The van der Waals surface area contributed by atoms with Crippen molar-refractivity contribution in [2.24, 2.45) is 5.73 Å². The molecule has 0 radical (unpaired) electrons. The van der Waals surface area contributed by atoms with Gasteiger partial charge in [-0.05, 0) is 39.1 Å². The number of carbonyl (C=O) groups excluding carboxylic acids is 2. The molecular formula is C15H21N3O2S. The van der Waals surface area contributed by atoms with Crippen molar-refractivity contribution >= 4 is 23.2 Å². The van der Waals surface area contributed by atoms with Gasteiger partial charge in [0.2, 0.25) is 5.91 Å². The van der Waals surface area contributed by atoms with E-state index in [1.165, 1.54) is 11.3 Å². The normalized spacial score (nSPS) is 12.0. The Morgan fingerprint density at radius 2 is 2.10 bits per heavy atom. The third kappa shape index (κ3) is 5.58. The van der Waals surface area contributed by atoms with Gasteiger partial charge in [-0.1, -0.05) is 11.8 Å². The van der Waals surface area contributed by atoms with Crippen LogP contribution in [0.2, 0.25) is 0 Å². The fourth-order valence-electron chi connectivity index (χ4n) is 1.54. The average Bonchev–Trinajstić information content (AvgIpc) is 2.82. The molecule has 0 saturated heterocycles. The molecule has 1 rings (SSSR count). The van der Waals surface area contributed by atoms with E-state index in [2.05, 4.69) is 22.5 Å². The maximum Gasteiger partial charge on any atom is 0.263 e. The van der Waals surface area contributed by atoms with Crippen molar-refractivity contribution in [3.63, 3.8) is 0 Å². The molecule has 1 unspecified atom stereocenters. The van der Waals surface area contributed by atoms with E-state index < -0.39 is 6.04 Å². The van der Waals surface area contributed by atoms with Crippen molar-refractivity contribution in [1.82, 2.24) is 10.6 Å². The lowest BCUT2D eigenvalue weighted by Gasteiger charge is -2.23. The summed E-state index contributed by atoms with van der Waals surface area (Å²) in [5.41, 5.74) is 5.62. The van der Waals surface area contributed by atoms with Crippen LogP contribution in [0.5, 0.6) is 0 Å². The minimum Gasteiger partial charge on any atom is -0.350 e. The van der Waals surface area contributed by atoms with Gasteiger partial charge in [0.1, 0.15) is 10.9 Å². The highest BCUT2D eigenvalue weighted by atomic mass is 32.1. The predicted octanol–water partition coefficient (Wildman–Crippen LogP) is 1.09. The standard InChI is InChI=1S/C15H21N3O2S/c1-10(13(19)18-15(2,3)4)17-14(20)12-11(6-5-8-16)7-9-21-12/h7,9-10H,8,16H2,1-4H3,(H,17,20)(H,18,19). The van der Waals surface area contributed by atoms with Gasteiger partial charge >= 0.3 is 0 Å². The molecule has 1 atom stereocenters. The molecule has 1 aromatic heterocycles. The van der Waals surface area contributed by atoms with E-state index in [1.807, 2.05) is 20.8 Å². The van der Waals surface area contributed by atoms with Crippen LogP contribution in [-0.2, 0) is 4.79 Å². The van der Waals surface area contributed by atoms with Crippen molar-refractivity contribution in [3.8, 4) is 11.8 Å². The molecule has 21 heavy (non-hydrogen) atoms. The lowest BCUT2D eigenvalue weighted by Crippen LogP contribution is -2.50. The Morgan fingerprint density at radius 1 is 1.43 bits per heavy atom. The molecule has 6 heteroatoms. The van der Waals surface area contributed by atoms with Gasteiger partial charge in [-0.2, -0.15) is 0 Å². The summed E-state index contributed by atoms with van der Waals surface area (Å²) >= 11 is 1.29. The molecule has 0 saturated carbocycles. The summed E-state index contributed by atoms with van der Waals surface area (Å²) in [6, 6.07) is 1.15. The number of hydrogen-bond acceptors (Lipinski definition) is 4. The Kier molecular flexibility index (Phi) is 5.94. The van der Waals surface area contributed by atoms with Crippen molar-refractivity contribution in [2.45, 2.75) is 39.3 Å². The van der Waals surface area contributed by atoms with Crippen molar-refractivity contribution in [3.05, 3.63) is 21.9 Å². The Hall–Kier alpha value is -1.84. The predicted molar refractivity (Wildman–Crippen MR) is 85.1 cm³/mol. The summed E-state index contributed by atoms with van der Waals surface area (Å²) < 4.78 is 0. The van der Waals surface area contributed by atoms with E-state index in [4.69, 9.17) is 5.73 Å². The lowest BCUT2D eigenvalue weighted by molar-refractivity contribution is -0.124. The third-order valence-corrected chi connectivity index (χ3v) is 3.35. The molecule has 4 N–H and O–H groups in total. The highest BCUT2D eigenvalue weighted by Gasteiger charge is 2.22. The molecule has 1 heterocycles. The SMILES string of the molecule is CC(NC(=O)c1sccc1C#CCN)C(=O)NC(C)(C)C. The second-order valence-corrected chi connectivity index (χ2v) is 6.52. The quantitative estimate of drug-likeness (QED) is 0.731. The molecule has 0 bridgehead atoms. The van der Waals surface area contributed by atoms with Crippen LogP contribution in [0, 0.1) is 11.8 Å². The molecular weight excluding hydrogens is 286 g/mol. The van der Waals surface area contributed by atoms with E-state index in [9.17, 15) is 9.59 Å². The zero-order valence-corrected chi connectivity index (χ0v) is 13.6. The van der Waals surface area contributed by atoms with Gasteiger partial charge in [0, 0.05) is 11.1 Å². The summed E-state index contributed by atoms with van der Waals surface area (Å²) in [5, 5.41) is 7.29. The van der Waals surface area contributed by atoms with Gasteiger partial charge < -0.3 is 16.4 Å². The van der Waals surface area contributed by atoms with Gasteiger partial charge in [-0.15, -0.1) is 11.3 Å². The van der Waals surface area contributed by atoms with Gasteiger partial charge in [-0.25, -0.2) is 0 Å². The highest BCUT2D eigenvalue weighted by Crippen LogP contribution is 2.15. The van der Waals surface area contributed by atoms with E-state index in [0.29, 0.717) is 10.4 Å². The number of hydrogen-bond donors (Lipinski definition) is 3. The molecule has 114 valence electrons. The van der Waals surface area contributed by atoms with E-state index in [1.54, 1.807) is 18.4 Å². The number of nitrogens with one attached hydrogen (secondary N) is 2. The summed E-state index contributed by atoms with van der Waals surface area (Å²) in [6.07, 6.45) is 0. The van der Waals surface area contributed by atoms with Crippen LogP contribution in [-0.4, -0.2) is 29.9 Å². The van der Waals surface area contributed by atoms with Crippen molar-refractivity contribution < 1.29 is 9.59 Å². The van der Waals surface area contributed by atoms with Gasteiger partial charge in [0.15, 0.2) is 0 Å². The molecule has 5 nitrogen and oxygen atoms in total. The Bertz CT molecular complexity index is 576. The summed E-state index contributed by atoms with van der Waals surface area (Å²) in [4.78, 5) is 24.6. The van der Waals surface area contributed by atoms with Crippen molar-refractivity contribution in [2.75, 3.05) is 6.54 Å². The van der Waals surface area contributed by atoms with Crippen LogP contribution in [0.1, 0.15) is 42.9 Å². The average molecular weight is 307 g/mol. The first kappa shape index (κ1) is 17.2. The summed E-state index contributed by atoms with van der Waals surface area (Å²) in [6.45, 7) is 7.55. The minimum absolute atomic E-state index is 0.220. The molecule has 0 spiro atoms. The van der Waals surface area contributed by atoms with Gasteiger partial charge in [-0.3, -0.25) is 9.59 Å². The maximum absolute atomic E-state index is 12.2. The monoisotopic (exact) mass is 307 g/mol. The van der Waals surface area contributed by atoms with Crippen LogP contribution in [0.15, 0.2) is 11.4 Å². The Morgan fingerprint density at radius 3 is 2.67 bits per heavy atom. The largest absolute Gasteiger partial charge is 0.350 e. The zero-order valence-electron chi connectivity index (χ0n) is 12.7. The smallest absolute Gasteiger partial charge is 0.263 e. The van der Waals surface area contributed by atoms with Crippen molar-refractivity contribution in [1.29, 1.82) is 0 Å². The first-order valence-electron chi connectivity index (χ1n) is 6.64. The second kappa shape index (κ2) is 7.25. The van der Waals surface area contributed by atoms with E-state index in [-0.39, 0.29) is 23.9 Å². The lowest BCUT2D eigenvalue weighted by atomic mass is 10.1. The molecule has 2 amide bonds. The van der Waals surface area contributed by atoms with Crippen LogP contribution >= 0.6 is 11.3 Å². The van der Waals surface area contributed by atoms with Crippen LogP contribution in [0.3, 0.4) is 0 Å². The summed E-state index contributed by atoms with van der Waals surface area (Å²) in [7, 11) is 0. The maximum atomic E-state index is 12.2. The first-order valence-corrected chi connectivity index (χ1v) is 7.52. The number of carbonyl (C=O) groups is 2. The van der Waals surface area contributed by atoms with Gasteiger partial charge in [0.25, 0.3) is 5.91 Å². The van der Waals surface area contributed by atoms with E-state index in [0.717, 1.165) is 0 Å². The van der Waals surface area contributed by atoms with Crippen LogP contribution in [0.4, 0.5) is 0 Å². The van der Waals surface area contributed by atoms with E-state index >= 15 is 0 Å². The highest BCUT2D eigenvalue weighted by molar-refractivity contribution is 7.12. The molecule has 1 aromatic rings. The fraction of sp³-hybridized carbons (Fsp3) is 0.467. The molecule has 0 aliphatic carbocycles. The Balaban J connectivity index is 2.73. The number of thiophene rings is 1. The molecule has 0 aliphatic heterocycles. The molecule has 0 aliphatic rings. The third-order valence-electron chi connectivity index (χ3n) is 2.44. The second-order valence-electron chi connectivity index (χ2n) is 5.60. The first-order chi connectivity index (χ1) is 9.74. The Labute approximate surface area is 129 Å². The molecule has 0 fully saturated rings. The number of amides is 2. The van der Waals surface area contributed by atoms with Crippen LogP contribution in [0.25, 0.3) is 0 Å². The minimum atomic E-state index is -0.617. The fourth-order valence-corrected chi connectivity index (χ4v) is 2.29. The summed E-state index contributed by atoms with van der Waals surface area (Å²) in [5.74, 6) is 5.04. The number of nitrogens with two attached hydrogens (primary N) is 1. The topological polar surface area (TPSA) is 84.2 Å². The molecule has 0 aromatic carbocycles. The number of rotatable bonds is 3. The zero-order chi connectivity index (χ0) is 16.0.